The lowest BCUT2D eigenvalue weighted by Crippen LogP contribution is -2.14. The van der Waals surface area contributed by atoms with Gasteiger partial charge in [-0.3, -0.25) is 9.59 Å². The number of benzene rings is 1. The number of nitrogens with two attached hydrogens (primary N) is 1. The zero-order valence-electron chi connectivity index (χ0n) is 13.3. The van der Waals surface area contributed by atoms with Crippen molar-refractivity contribution in [3.8, 4) is 0 Å². The Hall–Kier alpha value is -1.34. The summed E-state index contributed by atoms with van der Waals surface area (Å²) in [6, 6.07) is 4.09. The first-order valence-corrected chi connectivity index (χ1v) is 11.9. The molecule has 0 radical (unpaired) electrons. The number of anilines is 1. The molecule has 0 saturated carbocycles. The van der Waals surface area contributed by atoms with Crippen LogP contribution in [0.15, 0.2) is 31.8 Å². The van der Waals surface area contributed by atoms with E-state index in [0.717, 1.165) is 18.0 Å². The Morgan fingerprint density at radius 3 is 2.42 bits per heavy atom. The molecule has 3 N–H and O–H groups in total. The number of nitrogens with one attached hydrogen (secondary N) is 1. The van der Waals surface area contributed by atoms with Crippen molar-refractivity contribution in [1.82, 2.24) is 10.2 Å². The van der Waals surface area contributed by atoms with Crippen LogP contribution in [0.3, 0.4) is 0 Å². The highest BCUT2D eigenvalue weighted by Gasteiger charge is 2.14. The number of hydrogen-bond acceptors (Lipinski definition) is 9. The molecule has 0 fully saturated rings. The van der Waals surface area contributed by atoms with Gasteiger partial charge in [0, 0.05) is 6.26 Å². The highest BCUT2D eigenvalue weighted by Crippen LogP contribution is 2.29. The van der Waals surface area contributed by atoms with Crippen molar-refractivity contribution in [3.05, 3.63) is 23.2 Å². The van der Waals surface area contributed by atoms with Crippen molar-refractivity contribution in [2.75, 3.05) is 23.1 Å². The number of aromatic nitrogens is 2. The van der Waals surface area contributed by atoms with E-state index in [0.29, 0.717) is 8.68 Å². The molecule has 0 unspecified atom stereocenters. The van der Waals surface area contributed by atoms with E-state index in [-0.39, 0.29) is 33.0 Å². The smallest absolute Gasteiger partial charge is 0.234 e. The van der Waals surface area contributed by atoms with Crippen molar-refractivity contribution >= 4 is 73.8 Å². The first-order chi connectivity index (χ1) is 12.1. The second kappa shape index (κ2) is 9.04. The fourth-order valence-corrected chi connectivity index (χ4v) is 4.96. The number of primary amides is 1. The molecule has 0 bridgehead atoms. The highest BCUT2D eigenvalue weighted by atomic mass is 35.5. The fourth-order valence-electron chi connectivity index (χ4n) is 1.59. The number of carbonyl (C=O) groups excluding carboxylic acids is 2. The molecule has 2 aromatic rings. The van der Waals surface area contributed by atoms with E-state index in [1.807, 2.05) is 0 Å². The Morgan fingerprint density at radius 2 is 1.85 bits per heavy atom. The first kappa shape index (κ1) is 21.0. The summed E-state index contributed by atoms with van der Waals surface area (Å²) in [6.07, 6.45) is 1.07. The van der Waals surface area contributed by atoms with Crippen molar-refractivity contribution in [3.63, 3.8) is 0 Å². The van der Waals surface area contributed by atoms with Crippen LogP contribution in [0.2, 0.25) is 5.02 Å². The number of sulfone groups is 1. The maximum absolute atomic E-state index is 12.1. The third-order valence-electron chi connectivity index (χ3n) is 2.69. The van der Waals surface area contributed by atoms with Crippen LogP contribution in [0.5, 0.6) is 0 Å². The summed E-state index contributed by atoms with van der Waals surface area (Å²) in [5.41, 5.74) is 5.28. The standard InChI is InChI=1S/C13H13ClN4O4S4/c1-26(21,22)7-2-3-8(14)9(4-7)16-11(20)6-24-13-18-17-12(25-13)23-5-10(15)19/h2-4H,5-6H2,1H3,(H2,15,19)(H,16,20). The maximum atomic E-state index is 12.1. The third kappa shape index (κ3) is 6.43. The predicted molar refractivity (Wildman–Crippen MR) is 104 cm³/mol. The molecule has 140 valence electrons. The molecule has 0 aliphatic rings. The van der Waals surface area contributed by atoms with Crippen LogP contribution in [-0.4, -0.2) is 48.2 Å². The molecular formula is C13H13ClN4O4S4. The van der Waals surface area contributed by atoms with Crippen LogP contribution in [0.1, 0.15) is 0 Å². The molecule has 0 aliphatic carbocycles. The van der Waals surface area contributed by atoms with Gasteiger partial charge in [0.05, 0.1) is 27.1 Å². The third-order valence-corrected chi connectivity index (χ3v) is 7.34. The molecular weight excluding hydrogens is 440 g/mol. The second-order valence-corrected chi connectivity index (χ2v) is 10.7. The van der Waals surface area contributed by atoms with Crippen LogP contribution >= 0.6 is 46.5 Å². The molecule has 1 heterocycles. The zero-order chi connectivity index (χ0) is 19.3. The Bertz CT molecular complexity index is 932. The van der Waals surface area contributed by atoms with Gasteiger partial charge in [-0.05, 0) is 18.2 Å². The van der Waals surface area contributed by atoms with Gasteiger partial charge in [-0.2, -0.15) is 0 Å². The molecule has 0 aliphatic heterocycles. The van der Waals surface area contributed by atoms with Crippen LogP contribution < -0.4 is 11.1 Å². The summed E-state index contributed by atoms with van der Waals surface area (Å²) >= 11 is 9.57. The number of hydrogen-bond donors (Lipinski definition) is 2. The molecule has 26 heavy (non-hydrogen) atoms. The molecule has 0 atom stereocenters. The monoisotopic (exact) mass is 452 g/mol. The lowest BCUT2D eigenvalue weighted by molar-refractivity contribution is -0.115. The molecule has 13 heteroatoms. The fraction of sp³-hybridized carbons (Fsp3) is 0.231. The van der Waals surface area contributed by atoms with Gasteiger partial charge in [0.1, 0.15) is 0 Å². The predicted octanol–water partition coefficient (Wildman–Crippen LogP) is 1.90. The zero-order valence-corrected chi connectivity index (χ0v) is 17.3. The topological polar surface area (TPSA) is 132 Å². The quantitative estimate of drug-likeness (QED) is 0.580. The molecule has 0 spiro atoms. The summed E-state index contributed by atoms with van der Waals surface area (Å²) in [4.78, 5) is 22.9. The minimum Gasteiger partial charge on any atom is -0.369 e. The number of thioether (sulfide) groups is 2. The number of rotatable bonds is 8. The molecule has 1 aromatic heterocycles. The van der Waals surface area contributed by atoms with Gasteiger partial charge in [0.25, 0.3) is 0 Å². The average Bonchev–Trinajstić information content (AvgIpc) is 3.00. The number of carbonyl (C=O) groups is 2. The van der Waals surface area contributed by atoms with Crippen LogP contribution in [0.4, 0.5) is 5.69 Å². The van der Waals surface area contributed by atoms with E-state index >= 15 is 0 Å². The van der Waals surface area contributed by atoms with Crippen LogP contribution in [-0.2, 0) is 19.4 Å². The maximum Gasteiger partial charge on any atom is 0.234 e. The number of nitrogens with zero attached hydrogens (tertiary/aromatic N) is 2. The van der Waals surface area contributed by atoms with Gasteiger partial charge < -0.3 is 11.1 Å². The summed E-state index contributed by atoms with van der Waals surface area (Å²) in [7, 11) is -3.41. The number of amides is 2. The van der Waals surface area contributed by atoms with Gasteiger partial charge in [0.15, 0.2) is 18.5 Å². The summed E-state index contributed by atoms with van der Waals surface area (Å²) in [5.74, 6) is -0.681. The van der Waals surface area contributed by atoms with E-state index < -0.39 is 15.7 Å². The van der Waals surface area contributed by atoms with Gasteiger partial charge >= 0.3 is 0 Å². The Morgan fingerprint density at radius 1 is 1.23 bits per heavy atom. The van der Waals surface area contributed by atoms with E-state index in [4.69, 9.17) is 17.3 Å². The van der Waals surface area contributed by atoms with Gasteiger partial charge in [-0.25, -0.2) is 8.42 Å². The molecule has 2 amide bonds. The first-order valence-electron chi connectivity index (χ1n) is 6.82. The van der Waals surface area contributed by atoms with Gasteiger partial charge in [0.2, 0.25) is 11.8 Å². The summed E-state index contributed by atoms with van der Waals surface area (Å²) in [6.45, 7) is 0. The normalized spacial score (nSPS) is 11.3. The SMILES string of the molecule is CS(=O)(=O)c1ccc(Cl)c(NC(=O)CSc2nnc(SCC(N)=O)s2)c1. The van der Waals surface area contributed by atoms with Gasteiger partial charge in [-0.1, -0.05) is 46.5 Å². The summed E-state index contributed by atoms with van der Waals surface area (Å²) in [5, 5.41) is 10.6. The van der Waals surface area contributed by atoms with Crippen molar-refractivity contribution < 1.29 is 18.0 Å². The lowest BCUT2D eigenvalue weighted by atomic mass is 10.3. The Labute approximate surface area is 167 Å². The molecule has 0 saturated heterocycles. The Balaban J connectivity index is 1.94. The van der Waals surface area contributed by atoms with E-state index in [9.17, 15) is 18.0 Å². The van der Waals surface area contributed by atoms with Gasteiger partial charge in [-0.15, -0.1) is 10.2 Å². The Kier molecular flexibility index (Phi) is 7.29. The molecule has 8 nitrogen and oxygen atoms in total. The van der Waals surface area contributed by atoms with Crippen molar-refractivity contribution in [2.45, 2.75) is 13.6 Å². The highest BCUT2D eigenvalue weighted by molar-refractivity contribution is 8.03. The minimum atomic E-state index is -3.41. The lowest BCUT2D eigenvalue weighted by Gasteiger charge is -2.08. The van der Waals surface area contributed by atoms with E-state index in [1.54, 1.807) is 0 Å². The van der Waals surface area contributed by atoms with E-state index in [1.165, 1.54) is 41.3 Å². The van der Waals surface area contributed by atoms with Crippen molar-refractivity contribution in [1.29, 1.82) is 0 Å². The van der Waals surface area contributed by atoms with Crippen LogP contribution in [0, 0.1) is 0 Å². The second-order valence-electron chi connectivity index (χ2n) is 4.84. The average molecular weight is 453 g/mol. The van der Waals surface area contributed by atoms with Crippen LogP contribution in [0.25, 0.3) is 0 Å². The largest absolute Gasteiger partial charge is 0.369 e. The van der Waals surface area contributed by atoms with E-state index in [2.05, 4.69) is 15.5 Å². The minimum absolute atomic E-state index is 0.0363. The molecule has 2 rings (SSSR count). The number of halogens is 1. The summed E-state index contributed by atoms with van der Waals surface area (Å²) < 4.78 is 24.3. The van der Waals surface area contributed by atoms with Crippen molar-refractivity contribution in [2.24, 2.45) is 5.73 Å². The molecule has 1 aromatic carbocycles.